The molecule has 2 fully saturated rings. The van der Waals surface area contributed by atoms with E-state index in [1.807, 2.05) is 13.8 Å². The van der Waals surface area contributed by atoms with E-state index in [0.29, 0.717) is 32.4 Å². The van der Waals surface area contributed by atoms with Crippen molar-refractivity contribution in [3.8, 4) is 0 Å². The minimum Gasteiger partial charge on any atom is -0.481 e. The third kappa shape index (κ3) is 3.59. The maximum Gasteiger partial charge on any atom is 0.308 e. The number of hydrogen-bond donors (Lipinski definition) is 1. The van der Waals surface area contributed by atoms with Gasteiger partial charge in [0.1, 0.15) is 6.04 Å². The van der Waals surface area contributed by atoms with E-state index in [1.165, 1.54) is 0 Å². The highest BCUT2D eigenvalue weighted by Gasteiger charge is 2.37. The predicted molar refractivity (Wildman–Crippen MR) is 81.1 cm³/mol. The summed E-state index contributed by atoms with van der Waals surface area (Å²) in [4.78, 5) is 39.6. The number of hydrogen-bond acceptors (Lipinski definition) is 3. The molecule has 0 aromatic carbocycles. The van der Waals surface area contributed by atoms with Gasteiger partial charge in [-0.3, -0.25) is 14.4 Å². The first-order valence-electron chi connectivity index (χ1n) is 8.24. The molecular weight excluding hydrogens is 284 g/mol. The number of aliphatic carboxylic acids is 1. The summed E-state index contributed by atoms with van der Waals surface area (Å²) in [6, 6.07) is -0.406. The Morgan fingerprint density at radius 3 is 2.41 bits per heavy atom. The summed E-state index contributed by atoms with van der Waals surface area (Å²) in [7, 11) is 0. The van der Waals surface area contributed by atoms with Gasteiger partial charge in [0.05, 0.1) is 5.92 Å². The summed E-state index contributed by atoms with van der Waals surface area (Å²) in [6.45, 7) is 5.19. The molecule has 0 saturated carbocycles. The van der Waals surface area contributed by atoms with Crippen LogP contribution < -0.4 is 0 Å². The average molecular weight is 310 g/mol. The number of amides is 2. The number of rotatable bonds is 3. The van der Waals surface area contributed by atoms with E-state index in [-0.39, 0.29) is 24.3 Å². The zero-order valence-corrected chi connectivity index (χ0v) is 13.5. The highest BCUT2D eigenvalue weighted by molar-refractivity contribution is 5.89. The van der Waals surface area contributed by atoms with Crippen LogP contribution in [0.5, 0.6) is 0 Å². The van der Waals surface area contributed by atoms with Crippen LogP contribution in [0.4, 0.5) is 0 Å². The quantitative estimate of drug-likeness (QED) is 0.853. The van der Waals surface area contributed by atoms with Gasteiger partial charge in [-0.25, -0.2) is 0 Å². The van der Waals surface area contributed by atoms with Crippen LogP contribution >= 0.6 is 0 Å². The zero-order chi connectivity index (χ0) is 16.3. The molecule has 22 heavy (non-hydrogen) atoms. The van der Waals surface area contributed by atoms with Crippen molar-refractivity contribution in [3.05, 3.63) is 0 Å². The lowest BCUT2D eigenvalue weighted by Gasteiger charge is -2.40. The van der Waals surface area contributed by atoms with E-state index < -0.39 is 17.9 Å². The molecule has 2 aliphatic heterocycles. The molecule has 1 N–H and O–H groups in total. The molecule has 2 unspecified atom stereocenters. The van der Waals surface area contributed by atoms with Crippen molar-refractivity contribution in [3.63, 3.8) is 0 Å². The van der Waals surface area contributed by atoms with Gasteiger partial charge in [0.2, 0.25) is 11.8 Å². The molecule has 2 saturated heterocycles. The van der Waals surface area contributed by atoms with Crippen LogP contribution in [0.3, 0.4) is 0 Å². The highest BCUT2D eigenvalue weighted by Crippen LogP contribution is 2.24. The number of carbonyl (C=O) groups excluding carboxylic acids is 2. The Labute approximate surface area is 131 Å². The number of piperidine rings is 2. The van der Waals surface area contributed by atoms with Crippen LogP contribution in [0.15, 0.2) is 0 Å². The molecular formula is C16H26N2O4. The Balaban J connectivity index is 2.08. The molecule has 2 amide bonds. The van der Waals surface area contributed by atoms with Gasteiger partial charge >= 0.3 is 5.97 Å². The topological polar surface area (TPSA) is 77.9 Å². The maximum atomic E-state index is 12.8. The smallest absolute Gasteiger partial charge is 0.308 e. The van der Waals surface area contributed by atoms with Crippen LogP contribution in [0, 0.1) is 11.8 Å². The number of carbonyl (C=O) groups is 3. The van der Waals surface area contributed by atoms with Crippen molar-refractivity contribution in [1.29, 1.82) is 0 Å². The molecule has 124 valence electrons. The van der Waals surface area contributed by atoms with E-state index in [1.54, 1.807) is 9.80 Å². The van der Waals surface area contributed by atoms with Crippen molar-refractivity contribution < 1.29 is 19.5 Å². The molecule has 2 rings (SSSR count). The second kappa shape index (κ2) is 7.11. The Morgan fingerprint density at radius 2 is 1.77 bits per heavy atom. The minimum absolute atomic E-state index is 0.0184. The van der Waals surface area contributed by atoms with Crippen molar-refractivity contribution in [2.24, 2.45) is 11.8 Å². The van der Waals surface area contributed by atoms with E-state index in [2.05, 4.69) is 0 Å². The summed E-state index contributed by atoms with van der Waals surface area (Å²) in [6.07, 6.45) is 3.89. The first-order chi connectivity index (χ1) is 10.4. The van der Waals surface area contributed by atoms with Crippen molar-refractivity contribution in [2.45, 2.75) is 52.0 Å². The number of nitrogens with zero attached hydrogens (tertiary/aromatic N) is 2. The molecule has 0 aromatic heterocycles. The summed E-state index contributed by atoms with van der Waals surface area (Å²) >= 11 is 0. The lowest BCUT2D eigenvalue weighted by molar-refractivity contribution is -0.153. The lowest BCUT2D eigenvalue weighted by Crippen LogP contribution is -2.56. The second-order valence-electron chi connectivity index (χ2n) is 6.66. The Hall–Kier alpha value is -1.59. The molecule has 0 aromatic rings. The molecule has 0 radical (unpaired) electrons. The fourth-order valence-electron chi connectivity index (χ4n) is 3.37. The van der Waals surface area contributed by atoms with E-state index in [9.17, 15) is 14.4 Å². The lowest BCUT2D eigenvalue weighted by atomic mass is 9.95. The van der Waals surface area contributed by atoms with Crippen LogP contribution in [0.25, 0.3) is 0 Å². The third-order valence-corrected chi connectivity index (χ3v) is 4.65. The largest absolute Gasteiger partial charge is 0.481 e. The third-order valence-electron chi connectivity index (χ3n) is 4.65. The van der Waals surface area contributed by atoms with Gasteiger partial charge in [-0.1, -0.05) is 13.8 Å². The van der Waals surface area contributed by atoms with Gasteiger partial charge in [-0.05, 0) is 32.1 Å². The maximum absolute atomic E-state index is 12.8. The van der Waals surface area contributed by atoms with Crippen LogP contribution in [0.1, 0.15) is 46.0 Å². The Bertz CT molecular complexity index is 449. The van der Waals surface area contributed by atoms with Gasteiger partial charge in [0.25, 0.3) is 0 Å². The highest BCUT2D eigenvalue weighted by atomic mass is 16.4. The van der Waals surface area contributed by atoms with Crippen molar-refractivity contribution >= 4 is 17.8 Å². The standard InChI is InChI=1S/C16H26N2O4/c1-11(2)14(19)18-9-4-3-7-13(18)15(20)17-8-5-6-12(10-17)16(21)22/h11-13H,3-10H2,1-2H3,(H,21,22). The van der Waals surface area contributed by atoms with Crippen molar-refractivity contribution in [2.75, 3.05) is 19.6 Å². The molecule has 0 bridgehead atoms. The fraction of sp³-hybridized carbons (Fsp3) is 0.812. The minimum atomic E-state index is -0.837. The first kappa shape index (κ1) is 16.8. The second-order valence-corrected chi connectivity index (χ2v) is 6.66. The van der Waals surface area contributed by atoms with Gasteiger partial charge in [0, 0.05) is 25.6 Å². The van der Waals surface area contributed by atoms with Crippen LogP contribution in [-0.4, -0.2) is 58.4 Å². The van der Waals surface area contributed by atoms with Crippen molar-refractivity contribution in [1.82, 2.24) is 9.80 Å². The zero-order valence-electron chi connectivity index (χ0n) is 13.5. The normalized spacial score (nSPS) is 26.1. The van der Waals surface area contributed by atoms with Gasteiger partial charge in [0.15, 0.2) is 0 Å². The average Bonchev–Trinajstić information content (AvgIpc) is 2.53. The van der Waals surface area contributed by atoms with Gasteiger partial charge in [-0.2, -0.15) is 0 Å². The molecule has 2 aliphatic rings. The Kier molecular flexibility index (Phi) is 5.42. The van der Waals surface area contributed by atoms with Crippen LogP contribution in [0.2, 0.25) is 0 Å². The summed E-state index contributed by atoms with van der Waals surface area (Å²) < 4.78 is 0. The SMILES string of the molecule is CC(C)C(=O)N1CCCCC1C(=O)N1CCCC(C(=O)O)C1. The molecule has 6 heteroatoms. The molecule has 2 atom stereocenters. The van der Waals surface area contributed by atoms with Crippen LogP contribution in [-0.2, 0) is 14.4 Å². The summed E-state index contributed by atoms with van der Waals surface area (Å²) in [5.74, 6) is -1.49. The molecule has 2 heterocycles. The predicted octanol–water partition coefficient (Wildman–Crippen LogP) is 1.35. The Morgan fingerprint density at radius 1 is 1.05 bits per heavy atom. The monoisotopic (exact) mass is 310 g/mol. The number of carboxylic acids is 1. The molecule has 0 aliphatic carbocycles. The van der Waals surface area contributed by atoms with Gasteiger partial charge < -0.3 is 14.9 Å². The van der Waals surface area contributed by atoms with E-state index in [0.717, 1.165) is 12.8 Å². The van der Waals surface area contributed by atoms with E-state index >= 15 is 0 Å². The fourth-order valence-corrected chi connectivity index (χ4v) is 3.37. The summed E-state index contributed by atoms with van der Waals surface area (Å²) in [5.41, 5.74) is 0. The number of likely N-dealkylation sites (tertiary alicyclic amines) is 2. The molecule has 0 spiro atoms. The van der Waals surface area contributed by atoms with Gasteiger partial charge in [-0.15, -0.1) is 0 Å². The number of carboxylic acid groups (broad SMARTS) is 1. The first-order valence-corrected chi connectivity index (χ1v) is 8.24. The summed E-state index contributed by atoms with van der Waals surface area (Å²) in [5, 5.41) is 9.16. The molecule has 6 nitrogen and oxygen atoms in total. The van der Waals surface area contributed by atoms with E-state index in [4.69, 9.17) is 5.11 Å².